The molecule has 0 atom stereocenters. The van der Waals surface area contributed by atoms with Gasteiger partial charge in [-0.1, -0.05) is 18.2 Å². The fourth-order valence-electron chi connectivity index (χ4n) is 2.10. The molecule has 0 aliphatic carbocycles. The first-order valence-electron chi connectivity index (χ1n) is 6.68. The summed E-state index contributed by atoms with van der Waals surface area (Å²) in [5, 5.41) is 4.09. The molecule has 0 saturated heterocycles. The van der Waals surface area contributed by atoms with Crippen molar-refractivity contribution in [3.05, 3.63) is 50.7 Å². The lowest BCUT2D eigenvalue weighted by Gasteiger charge is -2.22. The standard InChI is InChI=1S/C14H19N5O2/c1-4-19(9-10-7-5-6-8-11(10)15)12-13(20)17(2)14(21)18(3)16-12/h5-8H,4,9,15H2,1-3H3. The minimum Gasteiger partial charge on any atom is -0.398 e. The smallest absolute Gasteiger partial charge is 0.346 e. The van der Waals surface area contributed by atoms with Crippen LogP contribution in [0.5, 0.6) is 0 Å². The van der Waals surface area contributed by atoms with Gasteiger partial charge < -0.3 is 10.6 Å². The summed E-state index contributed by atoms with van der Waals surface area (Å²) in [4.78, 5) is 25.7. The molecule has 0 fully saturated rings. The minimum atomic E-state index is -0.445. The molecule has 7 nitrogen and oxygen atoms in total. The van der Waals surface area contributed by atoms with Crippen LogP contribution in [0.4, 0.5) is 11.5 Å². The minimum absolute atomic E-state index is 0.241. The monoisotopic (exact) mass is 289 g/mol. The number of anilines is 2. The largest absolute Gasteiger partial charge is 0.398 e. The third-order valence-electron chi connectivity index (χ3n) is 3.40. The highest BCUT2D eigenvalue weighted by Crippen LogP contribution is 2.15. The van der Waals surface area contributed by atoms with Gasteiger partial charge in [-0.3, -0.25) is 9.36 Å². The van der Waals surface area contributed by atoms with Gasteiger partial charge in [0.1, 0.15) is 0 Å². The van der Waals surface area contributed by atoms with E-state index in [0.29, 0.717) is 18.8 Å². The van der Waals surface area contributed by atoms with Gasteiger partial charge in [-0.25, -0.2) is 9.48 Å². The van der Waals surface area contributed by atoms with Crippen LogP contribution in [-0.2, 0) is 20.6 Å². The number of benzene rings is 1. The van der Waals surface area contributed by atoms with Crippen molar-refractivity contribution in [1.29, 1.82) is 0 Å². The van der Waals surface area contributed by atoms with Crippen LogP contribution in [0.15, 0.2) is 33.9 Å². The zero-order valence-electron chi connectivity index (χ0n) is 12.4. The Morgan fingerprint density at radius 3 is 2.52 bits per heavy atom. The molecule has 0 unspecified atom stereocenters. The summed E-state index contributed by atoms with van der Waals surface area (Å²) in [6.45, 7) is 2.96. The van der Waals surface area contributed by atoms with E-state index in [1.807, 2.05) is 31.2 Å². The van der Waals surface area contributed by atoms with E-state index in [-0.39, 0.29) is 5.82 Å². The first kappa shape index (κ1) is 14.8. The highest BCUT2D eigenvalue weighted by atomic mass is 16.2. The number of nitrogen functional groups attached to an aromatic ring is 1. The van der Waals surface area contributed by atoms with Gasteiger partial charge >= 0.3 is 5.69 Å². The quantitative estimate of drug-likeness (QED) is 0.806. The first-order chi connectivity index (χ1) is 9.95. The van der Waals surface area contributed by atoms with Gasteiger partial charge in [0, 0.05) is 32.9 Å². The predicted molar refractivity (Wildman–Crippen MR) is 82.3 cm³/mol. The molecule has 7 heteroatoms. The van der Waals surface area contributed by atoms with Gasteiger partial charge in [0.15, 0.2) is 0 Å². The number of aryl methyl sites for hydroxylation is 1. The van der Waals surface area contributed by atoms with Crippen molar-refractivity contribution in [3.8, 4) is 0 Å². The molecule has 1 aromatic carbocycles. The summed E-state index contributed by atoms with van der Waals surface area (Å²) in [5.41, 5.74) is 6.66. The van der Waals surface area contributed by atoms with Crippen LogP contribution in [0, 0.1) is 0 Å². The number of hydrogen-bond donors (Lipinski definition) is 1. The molecule has 1 heterocycles. The van der Waals surface area contributed by atoms with Crippen molar-refractivity contribution in [2.75, 3.05) is 17.2 Å². The third-order valence-corrected chi connectivity index (χ3v) is 3.40. The second kappa shape index (κ2) is 5.82. The zero-order valence-corrected chi connectivity index (χ0v) is 12.4. The van der Waals surface area contributed by atoms with Crippen LogP contribution in [0.1, 0.15) is 12.5 Å². The molecular formula is C14H19N5O2. The zero-order chi connectivity index (χ0) is 15.6. The van der Waals surface area contributed by atoms with Crippen LogP contribution in [-0.4, -0.2) is 20.9 Å². The maximum absolute atomic E-state index is 12.2. The molecule has 0 spiro atoms. The lowest BCUT2D eigenvalue weighted by Crippen LogP contribution is -2.43. The molecule has 0 saturated carbocycles. The molecular weight excluding hydrogens is 270 g/mol. The molecule has 0 amide bonds. The highest BCUT2D eigenvalue weighted by Gasteiger charge is 2.16. The number of nitrogens with zero attached hydrogens (tertiary/aromatic N) is 4. The van der Waals surface area contributed by atoms with Crippen molar-refractivity contribution in [3.63, 3.8) is 0 Å². The Bertz CT molecular complexity index is 763. The van der Waals surface area contributed by atoms with Crippen LogP contribution in [0.2, 0.25) is 0 Å². The van der Waals surface area contributed by atoms with Crippen LogP contribution in [0.3, 0.4) is 0 Å². The summed E-state index contributed by atoms with van der Waals surface area (Å²) in [5.74, 6) is 0.241. The number of para-hydroxylation sites is 1. The van der Waals surface area contributed by atoms with E-state index >= 15 is 0 Å². The molecule has 0 aliphatic heterocycles. The van der Waals surface area contributed by atoms with E-state index in [1.165, 1.54) is 14.1 Å². The molecule has 0 aliphatic rings. The maximum Gasteiger partial charge on any atom is 0.346 e. The van der Waals surface area contributed by atoms with Crippen molar-refractivity contribution in [2.24, 2.45) is 14.1 Å². The van der Waals surface area contributed by atoms with Crippen molar-refractivity contribution in [2.45, 2.75) is 13.5 Å². The van der Waals surface area contributed by atoms with Gasteiger partial charge in [0.2, 0.25) is 5.82 Å². The van der Waals surface area contributed by atoms with Crippen molar-refractivity contribution >= 4 is 11.5 Å². The summed E-state index contributed by atoms with van der Waals surface area (Å²) >= 11 is 0. The molecule has 112 valence electrons. The number of nitrogens with two attached hydrogens (primary N) is 1. The van der Waals surface area contributed by atoms with E-state index in [0.717, 1.165) is 14.8 Å². The second-order valence-electron chi connectivity index (χ2n) is 4.81. The van der Waals surface area contributed by atoms with Crippen molar-refractivity contribution in [1.82, 2.24) is 14.3 Å². The van der Waals surface area contributed by atoms with E-state index in [4.69, 9.17) is 5.73 Å². The maximum atomic E-state index is 12.2. The van der Waals surface area contributed by atoms with Crippen LogP contribution >= 0.6 is 0 Å². The highest BCUT2D eigenvalue weighted by molar-refractivity contribution is 5.49. The Balaban J connectivity index is 2.46. The fraction of sp³-hybridized carbons (Fsp3) is 0.357. The van der Waals surface area contributed by atoms with Gasteiger partial charge in [0.25, 0.3) is 5.56 Å². The van der Waals surface area contributed by atoms with E-state index in [1.54, 1.807) is 4.90 Å². The molecule has 2 aromatic rings. The third kappa shape index (κ3) is 2.81. The average molecular weight is 289 g/mol. The number of aromatic nitrogens is 3. The van der Waals surface area contributed by atoms with Gasteiger partial charge in [0.05, 0.1) is 0 Å². The van der Waals surface area contributed by atoms with E-state index < -0.39 is 11.2 Å². The fourth-order valence-corrected chi connectivity index (χ4v) is 2.10. The lowest BCUT2D eigenvalue weighted by molar-refractivity contribution is 0.588. The van der Waals surface area contributed by atoms with E-state index in [2.05, 4.69) is 5.10 Å². The Hall–Kier alpha value is -2.57. The molecule has 2 rings (SSSR count). The molecule has 0 bridgehead atoms. The number of hydrogen-bond acceptors (Lipinski definition) is 5. The van der Waals surface area contributed by atoms with Gasteiger partial charge in [-0.15, -0.1) is 5.10 Å². The normalized spacial score (nSPS) is 10.6. The Labute approximate surface area is 122 Å². The lowest BCUT2D eigenvalue weighted by atomic mass is 10.1. The molecule has 1 aromatic heterocycles. The Morgan fingerprint density at radius 2 is 1.90 bits per heavy atom. The van der Waals surface area contributed by atoms with Crippen molar-refractivity contribution < 1.29 is 0 Å². The summed E-state index contributed by atoms with van der Waals surface area (Å²) in [6, 6.07) is 7.48. The summed E-state index contributed by atoms with van der Waals surface area (Å²) < 4.78 is 2.22. The van der Waals surface area contributed by atoms with Gasteiger partial charge in [-0.2, -0.15) is 0 Å². The molecule has 2 N–H and O–H groups in total. The Morgan fingerprint density at radius 1 is 1.24 bits per heavy atom. The first-order valence-corrected chi connectivity index (χ1v) is 6.68. The van der Waals surface area contributed by atoms with Crippen LogP contribution < -0.4 is 21.9 Å². The molecule has 21 heavy (non-hydrogen) atoms. The van der Waals surface area contributed by atoms with Gasteiger partial charge in [-0.05, 0) is 18.6 Å². The number of rotatable bonds is 4. The second-order valence-corrected chi connectivity index (χ2v) is 4.81. The average Bonchev–Trinajstić information content (AvgIpc) is 2.48. The SMILES string of the molecule is CCN(Cc1ccccc1N)c1nn(C)c(=O)n(C)c1=O. The van der Waals surface area contributed by atoms with E-state index in [9.17, 15) is 9.59 Å². The molecule has 0 radical (unpaired) electrons. The summed E-state index contributed by atoms with van der Waals surface area (Å²) in [7, 11) is 2.97. The topological polar surface area (TPSA) is 86.2 Å². The predicted octanol–water partition coefficient (Wildman–Crippen LogP) is 0.0877. The Kier molecular flexibility index (Phi) is 4.11. The van der Waals surface area contributed by atoms with Crippen LogP contribution in [0.25, 0.3) is 0 Å². The summed E-state index contributed by atoms with van der Waals surface area (Å²) in [6.07, 6.45) is 0.